The Morgan fingerprint density at radius 2 is 1.90 bits per heavy atom. The zero-order valence-electron chi connectivity index (χ0n) is 23.5. The lowest BCUT2D eigenvalue weighted by atomic mass is 10.0. The summed E-state index contributed by atoms with van der Waals surface area (Å²) in [5, 5.41) is 4.52. The highest BCUT2D eigenvalue weighted by molar-refractivity contribution is 6.32. The maximum atomic E-state index is 12.8. The van der Waals surface area contributed by atoms with Gasteiger partial charge in [-0.25, -0.2) is 9.97 Å². The Kier molecular flexibility index (Phi) is 11.0. The van der Waals surface area contributed by atoms with E-state index in [-0.39, 0.29) is 12.2 Å². The molecular formula is C31H34ClN5O4. The molecule has 41 heavy (non-hydrogen) atoms. The topological polar surface area (TPSA) is 98.7 Å². The summed E-state index contributed by atoms with van der Waals surface area (Å²) >= 11 is 6.52. The average molecular weight is 576 g/mol. The third-order valence-electron chi connectivity index (χ3n) is 5.94. The number of halogens is 1. The minimum Gasteiger partial charge on any atom is -0.491 e. The van der Waals surface area contributed by atoms with Gasteiger partial charge in [-0.3, -0.25) is 9.78 Å². The van der Waals surface area contributed by atoms with E-state index in [1.165, 1.54) is 6.33 Å². The number of ether oxygens (including phenoxy) is 3. The number of nitrogens with zero attached hydrogens (tertiary/aromatic N) is 4. The molecule has 9 nitrogen and oxygen atoms in total. The van der Waals surface area contributed by atoms with Crippen molar-refractivity contribution in [3.05, 3.63) is 89.5 Å². The Morgan fingerprint density at radius 1 is 1.02 bits per heavy atom. The van der Waals surface area contributed by atoms with Crippen molar-refractivity contribution in [3.8, 4) is 11.5 Å². The van der Waals surface area contributed by atoms with Gasteiger partial charge in [0.1, 0.15) is 36.9 Å². The van der Waals surface area contributed by atoms with E-state index in [0.29, 0.717) is 60.8 Å². The molecule has 0 aliphatic rings. The van der Waals surface area contributed by atoms with Crippen LogP contribution in [0.25, 0.3) is 10.9 Å². The molecule has 10 heteroatoms. The normalized spacial score (nSPS) is 11.3. The third-order valence-corrected chi connectivity index (χ3v) is 6.24. The summed E-state index contributed by atoms with van der Waals surface area (Å²) in [6.45, 7) is 4.33. The lowest BCUT2D eigenvalue weighted by molar-refractivity contribution is -0.114. The van der Waals surface area contributed by atoms with Gasteiger partial charge in [-0.15, -0.1) is 0 Å². The Morgan fingerprint density at radius 3 is 2.66 bits per heavy atom. The van der Waals surface area contributed by atoms with Gasteiger partial charge in [-0.1, -0.05) is 23.7 Å². The first kappa shape index (κ1) is 29.9. The molecular weight excluding hydrogens is 542 g/mol. The molecule has 0 aliphatic heterocycles. The molecule has 0 spiro atoms. The van der Waals surface area contributed by atoms with Crippen molar-refractivity contribution in [2.24, 2.45) is 0 Å². The molecule has 0 amide bonds. The number of hydrogen-bond donors (Lipinski definition) is 1. The quantitative estimate of drug-likeness (QED) is 0.142. The minimum atomic E-state index is -0.0275. The molecule has 0 radical (unpaired) electrons. The van der Waals surface area contributed by atoms with Crippen LogP contribution in [0.2, 0.25) is 5.02 Å². The minimum absolute atomic E-state index is 0.0275. The van der Waals surface area contributed by atoms with Crippen molar-refractivity contribution in [3.63, 3.8) is 0 Å². The van der Waals surface area contributed by atoms with Crippen molar-refractivity contribution in [1.29, 1.82) is 0 Å². The van der Waals surface area contributed by atoms with Crippen LogP contribution in [0.4, 0.5) is 11.5 Å². The van der Waals surface area contributed by atoms with Gasteiger partial charge < -0.3 is 24.4 Å². The average Bonchev–Trinajstić information content (AvgIpc) is 2.96. The fraction of sp³-hybridized carbons (Fsp3) is 0.290. The second-order valence-electron chi connectivity index (χ2n) is 9.43. The van der Waals surface area contributed by atoms with Crippen molar-refractivity contribution < 1.29 is 19.0 Å². The predicted octanol–water partition coefficient (Wildman–Crippen LogP) is 5.65. The molecule has 214 valence electrons. The molecule has 0 aliphatic carbocycles. The second-order valence-corrected chi connectivity index (χ2v) is 9.84. The molecule has 2 aromatic heterocycles. The van der Waals surface area contributed by atoms with E-state index >= 15 is 0 Å². The molecule has 0 atom stereocenters. The number of carbonyl (C=O) groups excluding carboxylic acids is 1. The molecule has 1 N–H and O–H groups in total. The number of allylic oxidation sites excluding steroid dienone is 1. The van der Waals surface area contributed by atoms with E-state index in [9.17, 15) is 4.79 Å². The van der Waals surface area contributed by atoms with E-state index in [1.54, 1.807) is 24.4 Å². The van der Waals surface area contributed by atoms with Crippen LogP contribution in [-0.4, -0.2) is 66.1 Å². The fourth-order valence-corrected chi connectivity index (χ4v) is 4.20. The zero-order chi connectivity index (χ0) is 29.0. The molecule has 4 rings (SSSR count). The first-order valence-electron chi connectivity index (χ1n) is 13.3. The summed E-state index contributed by atoms with van der Waals surface area (Å²) in [5.74, 6) is 1.69. The van der Waals surface area contributed by atoms with Crippen LogP contribution < -0.4 is 14.8 Å². The van der Waals surface area contributed by atoms with Gasteiger partial charge in [-0.05, 0) is 63.5 Å². The lowest BCUT2D eigenvalue weighted by Crippen LogP contribution is -2.12. The number of pyridine rings is 1. The predicted molar refractivity (Wildman–Crippen MR) is 161 cm³/mol. The van der Waals surface area contributed by atoms with Gasteiger partial charge in [0.25, 0.3) is 0 Å². The molecule has 0 bridgehead atoms. The fourth-order valence-electron chi connectivity index (χ4n) is 3.96. The first-order chi connectivity index (χ1) is 19.9. The van der Waals surface area contributed by atoms with Crippen LogP contribution in [0.1, 0.15) is 18.2 Å². The van der Waals surface area contributed by atoms with E-state index < -0.39 is 0 Å². The molecule has 2 aromatic carbocycles. The number of aromatic nitrogens is 3. The standard InChI is InChI=1S/C31H34ClN5O4/c1-4-39-14-15-40-30-19-28-26(17-22(30)16-25(38)9-7-13-37(2)3)31(35-21-34-28)36-23-10-11-29(27(32)18-23)41-20-24-8-5-6-12-33-24/h5-12,17-19,21H,4,13-16,20H2,1-3H3,(H,34,35,36)/b9-7+. The number of benzene rings is 2. The Hall–Kier alpha value is -4.05. The van der Waals surface area contributed by atoms with E-state index in [0.717, 1.165) is 22.3 Å². The molecule has 0 fully saturated rings. The smallest absolute Gasteiger partial charge is 0.159 e. The highest BCUT2D eigenvalue weighted by Crippen LogP contribution is 2.33. The second kappa shape index (κ2) is 15.1. The van der Waals surface area contributed by atoms with Gasteiger partial charge in [-0.2, -0.15) is 0 Å². The number of ketones is 1. The van der Waals surface area contributed by atoms with Gasteiger partial charge in [0.05, 0.1) is 22.8 Å². The number of nitrogens with one attached hydrogen (secondary N) is 1. The monoisotopic (exact) mass is 575 g/mol. The Bertz CT molecular complexity index is 1480. The summed E-state index contributed by atoms with van der Waals surface area (Å²) in [4.78, 5) is 27.9. The van der Waals surface area contributed by atoms with Crippen molar-refractivity contribution in [2.45, 2.75) is 20.0 Å². The van der Waals surface area contributed by atoms with E-state index in [4.69, 9.17) is 25.8 Å². The van der Waals surface area contributed by atoms with Crippen molar-refractivity contribution in [2.75, 3.05) is 45.8 Å². The van der Waals surface area contributed by atoms with E-state index in [2.05, 4.69) is 20.3 Å². The summed E-state index contributed by atoms with van der Waals surface area (Å²) < 4.78 is 17.3. The third kappa shape index (κ3) is 8.97. The van der Waals surface area contributed by atoms with Gasteiger partial charge in [0, 0.05) is 48.5 Å². The number of rotatable bonds is 15. The first-order valence-corrected chi connectivity index (χ1v) is 13.7. The van der Waals surface area contributed by atoms with Gasteiger partial charge >= 0.3 is 0 Å². The van der Waals surface area contributed by atoms with E-state index in [1.807, 2.05) is 68.4 Å². The number of anilines is 2. The molecule has 2 heterocycles. The van der Waals surface area contributed by atoms with Crippen LogP contribution >= 0.6 is 11.6 Å². The maximum absolute atomic E-state index is 12.8. The van der Waals surface area contributed by atoms with Crippen LogP contribution in [0.5, 0.6) is 11.5 Å². The summed E-state index contributed by atoms with van der Waals surface area (Å²) in [6, 6.07) is 14.8. The van der Waals surface area contributed by atoms with Crippen LogP contribution in [-0.2, 0) is 22.6 Å². The SMILES string of the molecule is CCOCCOc1cc2ncnc(Nc3ccc(OCc4ccccn4)c(Cl)c3)c2cc1CC(=O)/C=C/CN(C)C. The number of carbonyl (C=O) groups is 1. The van der Waals surface area contributed by atoms with Crippen molar-refractivity contribution >= 4 is 39.8 Å². The zero-order valence-corrected chi connectivity index (χ0v) is 24.2. The number of hydrogen-bond acceptors (Lipinski definition) is 9. The largest absolute Gasteiger partial charge is 0.491 e. The lowest BCUT2D eigenvalue weighted by Gasteiger charge is -2.15. The molecule has 0 unspecified atom stereocenters. The highest BCUT2D eigenvalue weighted by Gasteiger charge is 2.14. The van der Waals surface area contributed by atoms with Crippen LogP contribution in [0.15, 0.2) is 73.2 Å². The van der Waals surface area contributed by atoms with Crippen molar-refractivity contribution in [1.82, 2.24) is 19.9 Å². The molecule has 0 saturated heterocycles. The van der Waals surface area contributed by atoms with Crippen LogP contribution in [0.3, 0.4) is 0 Å². The summed E-state index contributed by atoms with van der Waals surface area (Å²) in [7, 11) is 3.90. The summed E-state index contributed by atoms with van der Waals surface area (Å²) in [5.41, 5.74) is 2.95. The maximum Gasteiger partial charge on any atom is 0.159 e. The van der Waals surface area contributed by atoms with Crippen LogP contribution in [0, 0.1) is 0 Å². The molecule has 0 saturated carbocycles. The highest BCUT2D eigenvalue weighted by atomic mass is 35.5. The number of likely N-dealkylation sites (N-methyl/N-ethyl adjacent to an activating group) is 1. The summed E-state index contributed by atoms with van der Waals surface area (Å²) in [6.07, 6.45) is 6.83. The van der Waals surface area contributed by atoms with Gasteiger partial charge in [0.15, 0.2) is 5.78 Å². The Balaban J connectivity index is 1.56. The van der Waals surface area contributed by atoms with Gasteiger partial charge in [0.2, 0.25) is 0 Å². The Labute approximate surface area is 245 Å². The molecule has 4 aromatic rings. The number of fused-ring (bicyclic) bond motifs is 1.